The number of aryl methyl sites for hydroxylation is 1. The van der Waals surface area contributed by atoms with Crippen molar-refractivity contribution in [3.05, 3.63) is 36.3 Å². The normalized spacial score (nSPS) is 19.6. The van der Waals surface area contributed by atoms with Gasteiger partial charge < -0.3 is 10.6 Å². The third-order valence-corrected chi connectivity index (χ3v) is 4.32. The fraction of sp³-hybridized carbons (Fsp3) is 0.294. The Bertz CT molecular complexity index is 957. The van der Waals surface area contributed by atoms with Crippen molar-refractivity contribution < 1.29 is 9.18 Å². The molecule has 0 unspecified atom stereocenters. The molecule has 1 fully saturated rings. The second-order valence-corrected chi connectivity index (χ2v) is 6.25. The summed E-state index contributed by atoms with van der Waals surface area (Å²) in [4.78, 5) is 20.5. The molecule has 134 valence electrons. The largest absolute Gasteiger partial charge is 0.331 e. The fourth-order valence-corrected chi connectivity index (χ4v) is 3.00. The number of anilines is 1. The van der Waals surface area contributed by atoms with Crippen LogP contribution in [0.15, 0.2) is 30.6 Å². The number of nitrogens with one attached hydrogen (secondary N) is 4. The molecule has 3 aromatic rings. The standard InChI is InChI=1S/C17H18FN7O/c1-9-4-10(2-3-20-9)16-11-6-21-15(5-13(11)24-25-16)23-17(26)22-14-8-19-7-12(14)18/h2-6,12,14,19H,7-8H2,1H3,(H,24,25)(H2,21,22,23,26)/t12-,14-/m1/s1. The van der Waals surface area contributed by atoms with Gasteiger partial charge in [-0.2, -0.15) is 5.10 Å². The first-order valence-corrected chi connectivity index (χ1v) is 8.29. The molecule has 0 aliphatic carbocycles. The summed E-state index contributed by atoms with van der Waals surface area (Å²) in [6, 6.07) is 4.49. The molecular weight excluding hydrogens is 337 g/mol. The van der Waals surface area contributed by atoms with Crippen LogP contribution in [0.5, 0.6) is 0 Å². The van der Waals surface area contributed by atoms with Gasteiger partial charge in [0, 0.05) is 48.2 Å². The number of fused-ring (bicyclic) bond motifs is 1. The van der Waals surface area contributed by atoms with Crippen LogP contribution in [0, 0.1) is 6.92 Å². The maximum Gasteiger partial charge on any atom is 0.320 e. The average molecular weight is 355 g/mol. The molecule has 1 aliphatic rings. The number of rotatable bonds is 3. The lowest BCUT2D eigenvalue weighted by Gasteiger charge is -2.14. The molecule has 2 atom stereocenters. The molecule has 0 radical (unpaired) electrons. The van der Waals surface area contributed by atoms with Gasteiger partial charge in [-0.3, -0.25) is 15.4 Å². The van der Waals surface area contributed by atoms with Crippen LogP contribution in [0.1, 0.15) is 5.69 Å². The molecule has 0 aromatic carbocycles. The summed E-state index contributed by atoms with van der Waals surface area (Å²) in [6.45, 7) is 2.58. The van der Waals surface area contributed by atoms with E-state index < -0.39 is 18.2 Å². The number of hydrogen-bond donors (Lipinski definition) is 4. The van der Waals surface area contributed by atoms with E-state index >= 15 is 0 Å². The summed E-state index contributed by atoms with van der Waals surface area (Å²) in [6.07, 6.45) is 2.29. The lowest BCUT2D eigenvalue weighted by Crippen LogP contribution is -2.43. The second kappa shape index (κ2) is 6.68. The van der Waals surface area contributed by atoms with E-state index in [1.165, 1.54) is 0 Å². The molecule has 0 spiro atoms. The Hall–Kier alpha value is -3.07. The van der Waals surface area contributed by atoms with Gasteiger partial charge >= 0.3 is 6.03 Å². The summed E-state index contributed by atoms with van der Waals surface area (Å²) >= 11 is 0. The Labute approximate surface area is 148 Å². The molecule has 2 amide bonds. The van der Waals surface area contributed by atoms with E-state index in [-0.39, 0.29) is 6.54 Å². The van der Waals surface area contributed by atoms with E-state index in [9.17, 15) is 9.18 Å². The molecule has 1 aliphatic heterocycles. The van der Waals surface area contributed by atoms with Crippen molar-refractivity contribution in [3.8, 4) is 11.3 Å². The quantitative estimate of drug-likeness (QED) is 0.573. The van der Waals surface area contributed by atoms with Gasteiger partial charge in [0.25, 0.3) is 0 Å². The maximum atomic E-state index is 13.5. The van der Waals surface area contributed by atoms with E-state index in [1.54, 1.807) is 18.5 Å². The minimum absolute atomic E-state index is 0.251. The lowest BCUT2D eigenvalue weighted by atomic mass is 10.1. The molecule has 4 rings (SSSR count). The summed E-state index contributed by atoms with van der Waals surface area (Å²) in [5, 5.41) is 16.2. The molecule has 1 saturated heterocycles. The number of nitrogens with zero attached hydrogens (tertiary/aromatic N) is 3. The lowest BCUT2D eigenvalue weighted by molar-refractivity contribution is 0.239. The van der Waals surface area contributed by atoms with Gasteiger partial charge in [0.2, 0.25) is 0 Å². The topological polar surface area (TPSA) is 108 Å². The Morgan fingerprint density at radius 2 is 2.19 bits per heavy atom. The average Bonchev–Trinajstić information content (AvgIpc) is 3.21. The van der Waals surface area contributed by atoms with E-state index in [0.717, 1.165) is 27.9 Å². The molecular formula is C17H18FN7O. The van der Waals surface area contributed by atoms with E-state index in [2.05, 4.69) is 36.1 Å². The summed E-state index contributed by atoms with van der Waals surface area (Å²) in [5.74, 6) is 0.359. The molecule has 4 N–H and O–H groups in total. The van der Waals surface area contributed by atoms with Gasteiger partial charge in [-0.15, -0.1) is 0 Å². The number of aromatic amines is 1. The summed E-state index contributed by atoms with van der Waals surface area (Å²) < 4.78 is 13.5. The Kier molecular flexibility index (Phi) is 4.21. The van der Waals surface area contributed by atoms with Crippen molar-refractivity contribution in [1.29, 1.82) is 0 Å². The maximum absolute atomic E-state index is 13.5. The van der Waals surface area contributed by atoms with Crippen LogP contribution < -0.4 is 16.0 Å². The van der Waals surface area contributed by atoms with Gasteiger partial charge in [0.1, 0.15) is 17.7 Å². The first kappa shape index (κ1) is 16.4. The SMILES string of the molecule is Cc1cc(-c2n[nH]c3cc(NC(=O)N[C@@H]4CNC[C@H]4F)ncc23)ccn1. The van der Waals surface area contributed by atoms with Crippen molar-refractivity contribution in [1.82, 2.24) is 30.8 Å². The van der Waals surface area contributed by atoms with Crippen molar-refractivity contribution >= 4 is 22.8 Å². The first-order valence-electron chi connectivity index (χ1n) is 8.29. The van der Waals surface area contributed by atoms with Crippen LogP contribution in [0.25, 0.3) is 22.2 Å². The number of carbonyl (C=O) groups is 1. The minimum Gasteiger partial charge on any atom is -0.331 e. The Balaban J connectivity index is 1.52. The van der Waals surface area contributed by atoms with Gasteiger partial charge in [-0.25, -0.2) is 14.2 Å². The third-order valence-electron chi connectivity index (χ3n) is 4.32. The summed E-state index contributed by atoms with van der Waals surface area (Å²) in [5.41, 5.74) is 3.35. The Morgan fingerprint density at radius 1 is 1.31 bits per heavy atom. The number of carbonyl (C=O) groups excluding carboxylic acids is 1. The molecule has 26 heavy (non-hydrogen) atoms. The highest BCUT2D eigenvalue weighted by Crippen LogP contribution is 2.26. The zero-order valence-electron chi connectivity index (χ0n) is 14.1. The minimum atomic E-state index is -1.09. The zero-order valence-corrected chi connectivity index (χ0v) is 14.1. The molecule has 0 bridgehead atoms. The molecule has 3 aromatic heterocycles. The number of pyridine rings is 2. The predicted molar refractivity (Wildman–Crippen MR) is 95.6 cm³/mol. The number of hydrogen-bond acceptors (Lipinski definition) is 5. The van der Waals surface area contributed by atoms with Crippen LogP contribution in [-0.4, -0.2) is 51.5 Å². The smallest absolute Gasteiger partial charge is 0.320 e. The van der Waals surface area contributed by atoms with E-state index in [4.69, 9.17) is 0 Å². The number of H-pyrrole nitrogens is 1. The highest BCUT2D eigenvalue weighted by molar-refractivity contribution is 5.95. The number of aromatic nitrogens is 4. The fourth-order valence-electron chi connectivity index (χ4n) is 3.00. The zero-order chi connectivity index (χ0) is 18.1. The second-order valence-electron chi connectivity index (χ2n) is 6.25. The molecule has 4 heterocycles. The summed E-state index contributed by atoms with van der Waals surface area (Å²) in [7, 11) is 0. The van der Waals surface area contributed by atoms with Crippen LogP contribution in [0.2, 0.25) is 0 Å². The van der Waals surface area contributed by atoms with Gasteiger partial charge in [-0.05, 0) is 19.1 Å². The first-order chi connectivity index (χ1) is 12.6. The Morgan fingerprint density at radius 3 is 2.96 bits per heavy atom. The predicted octanol–water partition coefficient (Wildman–Crippen LogP) is 1.76. The highest BCUT2D eigenvalue weighted by Gasteiger charge is 2.28. The van der Waals surface area contributed by atoms with Crippen molar-refractivity contribution in [2.75, 3.05) is 18.4 Å². The van der Waals surface area contributed by atoms with Crippen molar-refractivity contribution in [3.63, 3.8) is 0 Å². The molecule has 9 heteroatoms. The van der Waals surface area contributed by atoms with Crippen LogP contribution >= 0.6 is 0 Å². The number of halogens is 1. The van der Waals surface area contributed by atoms with Crippen molar-refractivity contribution in [2.24, 2.45) is 0 Å². The van der Waals surface area contributed by atoms with Gasteiger partial charge in [0.15, 0.2) is 0 Å². The van der Waals surface area contributed by atoms with Gasteiger partial charge in [-0.1, -0.05) is 0 Å². The van der Waals surface area contributed by atoms with Crippen molar-refractivity contribution in [2.45, 2.75) is 19.1 Å². The number of urea groups is 1. The molecule has 0 saturated carbocycles. The monoisotopic (exact) mass is 355 g/mol. The van der Waals surface area contributed by atoms with E-state index in [0.29, 0.717) is 12.4 Å². The van der Waals surface area contributed by atoms with Gasteiger partial charge in [0.05, 0.1) is 11.6 Å². The molecule has 8 nitrogen and oxygen atoms in total. The van der Waals surface area contributed by atoms with Crippen LogP contribution in [0.4, 0.5) is 15.0 Å². The van der Waals surface area contributed by atoms with Crippen LogP contribution in [-0.2, 0) is 0 Å². The van der Waals surface area contributed by atoms with Crippen LogP contribution in [0.3, 0.4) is 0 Å². The number of alkyl halides is 1. The third kappa shape index (κ3) is 3.21. The van der Waals surface area contributed by atoms with E-state index in [1.807, 2.05) is 19.1 Å². The highest BCUT2D eigenvalue weighted by atomic mass is 19.1. The number of amides is 2.